The number of fused-ring (bicyclic) bond motifs is 1. The minimum atomic E-state index is -1.10. The Balaban J connectivity index is 1.90. The molecule has 7 nitrogen and oxygen atoms in total. The third-order valence-corrected chi connectivity index (χ3v) is 5.85. The first-order chi connectivity index (χ1) is 14.8. The third kappa shape index (κ3) is 5.03. The van der Waals surface area contributed by atoms with E-state index in [1.165, 1.54) is 28.3 Å². The van der Waals surface area contributed by atoms with Gasteiger partial charge in [-0.1, -0.05) is 36.9 Å². The zero-order chi connectivity index (χ0) is 22.5. The number of aryl methyl sites for hydroxylation is 1. The molecule has 0 bridgehead atoms. The summed E-state index contributed by atoms with van der Waals surface area (Å²) in [5.74, 6) is -1.33. The lowest BCUT2D eigenvalue weighted by molar-refractivity contribution is -0.115. The Morgan fingerprint density at radius 2 is 1.97 bits per heavy atom. The van der Waals surface area contributed by atoms with Gasteiger partial charge in [0.05, 0.1) is 21.7 Å². The van der Waals surface area contributed by atoms with Crippen molar-refractivity contribution in [1.29, 1.82) is 0 Å². The predicted octanol–water partition coefficient (Wildman–Crippen LogP) is 3.96. The molecule has 1 atom stereocenters. The minimum absolute atomic E-state index is 0.0399. The standard InChI is InChI=1S/C23H23N3O4S/c1-4-12-26-21(28)18-11-8-16(22(29)30)13-19(18)25-23(26)31-14(3)20(27)24-17-9-6-15(5-2)7-10-17/h4,6-11,13-14H,1,5,12H2,2-3H3,(H,24,27)(H,29,30). The average molecular weight is 438 g/mol. The van der Waals surface area contributed by atoms with E-state index >= 15 is 0 Å². The van der Waals surface area contributed by atoms with Crippen LogP contribution in [0.2, 0.25) is 0 Å². The largest absolute Gasteiger partial charge is 0.478 e. The summed E-state index contributed by atoms with van der Waals surface area (Å²) >= 11 is 1.13. The molecule has 3 rings (SSSR count). The fourth-order valence-electron chi connectivity index (χ4n) is 2.99. The highest BCUT2D eigenvalue weighted by molar-refractivity contribution is 8.00. The van der Waals surface area contributed by atoms with Crippen LogP contribution < -0.4 is 10.9 Å². The summed E-state index contributed by atoms with van der Waals surface area (Å²) in [6.07, 6.45) is 2.49. The van der Waals surface area contributed by atoms with Crippen molar-refractivity contribution in [2.45, 2.75) is 37.2 Å². The van der Waals surface area contributed by atoms with Gasteiger partial charge < -0.3 is 10.4 Å². The summed E-state index contributed by atoms with van der Waals surface area (Å²) < 4.78 is 1.43. The number of aromatic carboxylic acids is 1. The van der Waals surface area contributed by atoms with Crippen molar-refractivity contribution in [1.82, 2.24) is 9.55 Å². The summed E-state index contributed by atoms with van der Waals surface area (Å²) in [6.45, 7) is 7.69. The first-order valence-electron chi connectivity index (χ1n) is 9.79. The lowest BCUT2D eigenvalue weighted by atomic mass is 10.1. The SMILES string of the molecule is C=CCn1c(SC(C)C(=O)Nc2ccc(CC)cc2)nc2cc(C(=O)O)ccc2c1=O. The number of carbonyl (C=O) groups is 2. The van der Waals surface area contributed by atoms with Crippen LogP contribution in [-0.2, 0) is 17.8 Å². The molecule has 8 heteroatoms. The molecule has 0 spiro atoms. The highest BCUT2D eigenvalue weighted by atomic mass is 32.2. The van der Waals surface area contributed by atoms with Crippen molar-refractivity contribution in [3.05, 3.63) is 76.6 Å². The molecule has 1 amide bonds. The monoisotopic (exact) mass is 437 g/mol. The zero-order valence-electron chi connectivity index (χ0n) is 17.3. The molecule has 160 valence electrons. The predicted molar refractivity (Wildman–Crippen MR) is 123 cm³/mol. The number of anilines is 1. The molecule has 1 heterocycles. The smallest absolute Gasteiger partial charge is 0.335 e. The Kier molecular flexibility index (Phi) is 6.91. The van der Waals surface area contributed by atoms with E-state index in [4.69, 9.17) is 0 Å². The average Bonchev–Trinajstić information content (AvgIpc) is 2.76. The second-order valence-corrected chi connectivity index (χ2v) is 8.24. The quantitative estimate of drug-likeness (QED) is 0.314. The maximum absolute atomic E-state index is 12.9. The van der Waals surface area contributed by atoms with Gasteiger partial charge in [-0.2, -0.15) is 0 Å². The maximum Gasteiger partial charge on any atom is 0.335 e. The molecule has 0 aliphatic heterocycles. The number of nitrogens with zero attached hydrogens (tertiary/aromatic N) is 2. The third-order valence-electron chi connectivity index (χ3n) is 4.76. The first kappa shape index (κ1) is 22.3. The van der Waals surface area contributed by atoms with Gasteiger partial charge in [0.2, 0.25) is 5.91 Å². The Morgan fingerprint density at radius 3 is 2.58 bits per heavy atom. The summed E-state index contributed by atoms with van der Waals surface area (Å²) in [7, 11) is 0. The van der Waals surface area contributed by atoms with Crippen LogP contribution >= 0.6 is 11.8 Å². The van der Waals surface area contributed by atoms with Gasteiger partial charge in [0.15, 0.2) is 5.16 Å². The molecule has 3 aromatic rings. The number of hydrogen-bond donors (Lipinski definition) is 2. The van der Waals surface area contributed by atoms with E-state index in [0.29, 0.717) is 16.2 Å². The normalized spacial score (nSPS) is 11.8. The Hall–Kier alpha value is -3.39. The summed E-state index contributed by atoms with van der Waals surface area (Å²) in [4.78, 5) is 41.4. The van der Waals surface area contributed by atoms with Gasteiger partial charge in [-0.15, -0.1) is 6.58 Å². The molecule has 1 aromatic heterocycles. The number of rotatable bonds is 8. The van der Waals surface area contributed by atoms with Crippen LogP contribution in [0.3, 0.4) is 0 Å². The lowest BCUT2D eigenvalue weighted by Gasteiger charge is -2.16. The molecule has 2 N–H and O–H groups in total. The number of carbonyl (C=O) groups excluding carboxylic acids is 1. The molecule has 0 radical (unpaired) electrons. The number of aromatic nitrogens is 2. The number of hydrogen-bond acceptors (Lipinski definition) is 5. The zero-order valence-corrected chi connectivity index (χ0v) is 18.1. The number of carboxylic acid groups (broad SMARTS) is 1. The van der Waals surface area contributed by atoms with Gasteiger partial charge in [-0.25, -0.2) is 9.78 Å². The highest BCUT2D eigenvalue weighted by Gasteiger charge is 2.20. The number of thioether (sulfide) groups is 1. The Morgan fingerprint density at radius 1 is 1.26 bits per heavy atom. The maximum atomic E-state index is 12.9. The summed E-state index contributed by atoms with van der Waals surface area (Å²) in [6, 6.07) is 11.8. The topological polar surface area (TPSA) is 101 Å². The van der Waals surface area contributed by atoms with Crippen molar-refractivity contribution >= 4 is 40.2 Å². The van der Waals surface area contributed by atoms with Gasteiger partial charge in [0.1, 0.15) is 0 Å². The van der Waals surface area contributed by atoms with Gasteiger partial charge in [-0.3, -0.25) is 14.2 Å². The van der Waals surface area contributed by atoms with Crippen molar-refractivity contribution in [2.75, 3.05) is 5.32 Å². The van der Waals surface area contributed by atoms with Crippen LogP contribution in [0.1, 0.15) is 29.8 Å². The van der Waals surface area contributed by atoms with Crippen molar-refractivity contribution in [2.24, 2.45) is 0 Å². The Bertz CT molecular complexity index is 1200. The van der Waals surface area contributed by atoms with E-state index < -0.39 is 11.2 Å². The summed E-state index contributed by atoms with van der Waals surface area (Å²) in [5.41, 5.74) is 1.87. The van der Waals surface area contributed by atoms with Crippen molar-refractivity contribution < 1.29 is 14.7 Å². The number of allylic oxidation sites excluding steroid dienone is 1. The number of nitrogens with one attached hydrogen (secondary N) is 1. The van der Waals surface area contributed by atoms with Crippen LogP contribution in [0.5, 0.6) is 0 Å². The molecule has 31 heavy (non-hydrogen) atoms. The summed E-state index contributed by atoms with van der Waals surface area (Å²) in [5, 5.41) is 12.2. The molecule has 0 saturated heterocycles. The van der Waals surface area contributed by atoms with Gasteiger partial charge in [0, 0.05) is 12.2 Å². The minimum Gasteiger partial charge on any atom is -0.478 e. The van der Waals surface area contributed by atoms with Crippen LogP contribution in [-0.4, -0.2) is 31.8 Å². The van der Waals surface area contributed by atoms with Crippen LogP contribution in [0.4, 0.5) is 5.69 Å². The molecule has 0 aliphatic rings. The van der Waals surface area contributed by atoms with Crippen molar-refractivity contribution in [3.8, 4) is 0 Å². The molecular weight excluding hydrogens is 414 g/mol. The molecule has 0 fully saturated rings. The molecule has 0 saturated carbocycles. The Labute approximate surface area is 183 Å². The van der Waals surface area contributed by atoms with E-state index in [1.54, 1.807) is 13.0 Å². The highest BCUT2D eigenvalue weighted by Crippen LogP contribution is 2.24. The van der Waals surface area contributed by atoms with E-state index in [0.717, 1.165) is 18.2 Å². The van der Waals surface area contributed by atoms with Crippen molar-refractivity contribution in [3.63, 3.8) is 0 Å². The fourth-order valence-corrected chi connectivity index (χ4v) is 3.91. The van der Waals surface area contributed by atoms with Crippen LogP contribution in [0, 0.1) is 0 Å². The molecular formula is C23H23N3O4S. The second-order valence-electron chi connectivity index (χ2n) is 6.94. The van der Waals surface area contributed by atoms with Crippen LogP contribution in [0.15, 0.2) is 65.1 Å². The van der Waals surface area contributed by atoms with Gasteiger partial charge in [0.25, 0.3) is 5.56 Å². The first-order valence-corrected chi connectivity index (χ1v) is 10.7. The van der Waals surface area contributed by atoms with Crippen LogP contribution in [0.25, 0.3) is 10.9 Å². The second kappa shape index (κ2) is 9.61. The van der Waals surface area contributed by atoms with E-state index in [9.17, 15) is 19.5 Å². The number of amides is 1. The number of benzene rings is 2. The molecule has 0 aliphatic carbocycles. The lowest BCUT2D eigenvalue weighted by Crippen LogP contribution is -2.27. The number of carboxylic acids is 1. The fraction of sp³-hybridized carbons (Fsp3) is 0.217. The molecule has 2 aromatic carbocycles. The van der Waals surface area contributed by atoms with E-state index in [2.05, 4.69) is 23.8 Å². The van der Waals surface area contributed by atoms with E-state index in [1.807, 2.05) is 24.3 Å². The van der Waals surface area contributed by atoms with Gasteiger partial charge in [-0.05, 0) is 49.2 Å². The van der Waals surface area contributed by atoms with Gasteiger partial charge >= 0.3 is 5.97 Å². The molecule has 1 unspecified atom stereocenters. The van der Waals surface area contributed by atoms with E-state index in [-0.39, 0.29) is 29.1 Å².